The minimum Gasteiger partial charge on any atom is -0.492 e. The van der Waals surface area contributed by atoms with Crippen molar-refractivity contribution >= 4 is 50.7 Å². The molecule has 0 saturated heterocycles. The van der Waals surface area contributed by atoms with E-state index in [0.29, 0.717) is 41.1 Å². The van der Waals surface area contributed by atoms with Gasteiger partial charge in [-0.3, -0.25) is 13.9 Å². The minimum absolute atomic E-state index is 0.0434. The maximum absolute atomic E-state index is 13.5. The Morgan fingerprint density at radius 1 is 1.05 bits per heavy atom. The Hall–Kier alpha value is -2.49. The quantitative estimate of drug-likeness (QED) is 0.307. The van der Waals surface area contributed by atoms with Crippen LogP contribution in [0.4, 0.5) is 5.69 Å². The van der Waals surface area contributed by atoms with Gasteiger partial charge in [0.25, 0.3) is 0 Å². The van der Waals surface area contributed by atoms with Gasteiger partial charge in [0.05, 0.1) is 28.6 Å². The number of sulfonamides is 1. The van der Waals surface area contributed by atoms with Crippen molar-refractivity contribution < 1.29 is 22.7 Å². The third kappa shape index (κ3) is 9.06. The van der Waals surface area contributed by atoms with E-state index in [2.05, 4.69) is 5.32 Å². The number of para-hydroxylation sites is 2. The van der Waals surface area contributed by atoms with E-state index >= 15 is 0 Å². The molecule has 0 radical (unpaired) electrons. The van der Waals surface area contributed by atoms with Crippen LogP contribution in [-0.2, 0) is 26.2 Å². The zero-order valence-electron chi connectivity index (χ0n) is 22.4. The van der Waals surface area contributed by atoms with E-state index in [4.69, 9.17) is 27.9 Å². The molecule has 1 atom stereocenters. The summed E-state index contributed by atoms with van der Waals surface area (Å²) in [5.74, 6) is -0.0427. The maximum Gasteiger partial charge on any atom is 0.242 e. The fraction of sp³-hybridized carbons (Fsp3) is 0.481. The van der Waals surface area contributed by atoms with Gasteiger partial charge in [0, 0.05) is 26.1 Å². The van der Waals surface area contributed by atoms with Crippen molar-refractivity contribution in [3.05, 3.63) is 58.1 Å². The zero-order valence-corrected chi connectivity index (χ0v) is 24.7. The first-order valence-electron chi connectivity index (χ1n) is 12.7. The van der Waals surface area contributed by atoms with Gasteiger partial charge in [-0.2, -0.15) is 0 Å². The second-order valence-electron chi connectivity index (χ2n) is 8.82. The van der Waals surface area contributed by atoms with E-state index in [1.807, 2.05) is 20.8 Å². The van der Waals surface area contributed by atoms with Crippen LogP contribution in [0.25, 0.3) is 0 Å². The molecule has 210 valence electrons. The number of nitrogens with one attached hydrogen (secondary N) is 1. The third-order valence-corrected chi connectivity index (χ3v) is 7.78. The van der Waals surface area contributed by atoms with Crippen LogP contribution in [0.2, 0.25) is 10.0 Å². The fourth-order valence-corrected chi connectivity index (χ4v) is 5.33. The average Bonchev–Trinajstić information content (AvgIpc) is 2.87. The highest BCUT2D eigenvalue weighted by Crippen LogP contribution is 2.30. The molecule has 0 bridgehead atoms. The molecule has 2 aromatic rings. The number of halogens is 2. The average molecular weight is 587 g/mol. The Bertz CT molecular complexity index is 1190. The van der Waals surface area contributed by atoms with Gasteiger partial charge in [-0.05, 0) is 56.0 Å². The van der Waals surface area contributed by atoms with Gasteiger partial charge in [-0.15, -0.1) is 0 Å². The van der Waals surface area contributed by atoms with E-state index < -0.39 is 16.1 Å². The van der Waals surface area contributed by atoms with Crippen molar-refractivity contribution in [3.63, 3.8) is 0 Å². The smallest absolute Gasteiger partial charge is 0.242 e. The summed E-state index contributed by atoms with van der Waals surface area (Å²) in [6.45, 7) is 6.76. The highest BCUT2D eigenvalue weighted by molar-refractivity contribution is 7.92. The van der Waals surface area contributed by atoms with Crippen LogP contribution in [0, 0.1) is 0 Å². The molecule has 0 aromatic heterocycles. The summed E-state index contributed by atoms with van der Waals surface area (Å²) in [5, 5.41) is 3.63. The lowest BCUT2D eigenvalue weighted by molar-refractivity contribution is -0.141. The molecule has 0 aliphatic rings. The van der Waals surface area contributed by atoms with E-state index in [9.17, 15) is 18.0 Å². The number of hydrogen-bond donors (Lipinski definition) is 1. The monoisotopic (exact) mass is 585 g/mol. The molecule has 0 aliphatic carbocycles. The van der Waals surface area contributed by atoms with Crippen molar-refractivity contribution in [1.82, 2.24) is 10.2 Å². The molecule has 0 aliphatic heterocycles. The van der Waals surface area contributed by atoms with Gasteiger partial charge < -0.3 is 15.0 Å². The van der Waals surface area contributed by atoms with E-state index in [0.717, 1.165) is 18.2 Å². The van der Waals surface area contributed by atoms with Crippen LogP contribution in [0.5, 0.6) is 5.75 Å². The van der Waals surface area contributed by atoms with Gasteiger partial charge in [0.2, 0.25) is 21.8 Å². The molecule has 0 fully saturated rings. The molecule has 0 spiro atoms. The Labute approximate surface area is 236 Å². The normalized spacial score (nSPS) is 12.1. The van der Waals surface area contributed by atoms with Crippen molar-refractivity contribution in [2.24, 2.45) is 0 Å². The number of benzene rings is 2. The van der Waals surface area contributed by atoms with E-state index in [-0.39, 0.29) is 37.7 Å². The summed E-state index contributed by atoms with van der Waals surface area (Å²) in [7, 11) is -3.64. The molecule has 0 saturated carbocycles. The van der Waals surface area contributed by atoms with Crippen molar-refractivity contribution in [1.29, 1.82) is 0 Å². The number of amides is 2. The highest BCUT2D eigenvalue weighted by atomic mass is 35.5. The summed E-state index contributed by atoms with van der Waals surface area (Å²) in [4.78, 5) is 28.0. The molecule has 11 heteroatoms. The van der Waals surface area contributed by atoms with Crippen LogP contribution in [-0.4, -0.2) is 57.1 Å². The summed E-state index contributed by atoms with van der Waals surface area (Å²) < 4.78 is 32.2. The molecule has 1 N–H and O–H groups in total. The third-order valence-electron chi connectivity index (χ3n) is 5.86. The largest absolute Gasteiger partial charge is 0.492 e. The second kappa shape index (κ2) is 15.2. The lowest BCUT2D eigenvalue weighted by Crippen LogP contribution is -2.49. The zero-order chi connectivity index (χ0) is 28.3. The van der Waals surface area contributed by atoms with Crippen LogP contribution in [0.1, 0.15) is 52.0 Å². The highest BCUT2D eigenvalue weighted by Gasteiger charge is 2.29. The number of ether oxygens (including phenoxy) is 1. The Kier molecular flexibility index (Phi) is 12.7. The predicted octanol–water partition coefficient (Wildman–Crippen LogP) is 5.27. The summed E-state index contributed by atoms with van der Waals surface area (Å²) >= 11 is 12.2. The summed E-state index contributed by atoms with van der Waals surface area (Å²) in [6, 6.07) is 11.3. The molecular formula is C27H37Cl2N3O5S. The maximum atomic E-state index is 13.5. The first kappa shape index (κ1) is 31.7. The lowest BCUT2D eigenvalue weighted by Gasteiger charge is -2.31. The molecular weight excluding hydrogens is 549 g/mol. The predicted molar refractivity (Wildman–Crippen MR) is 153 cm³/mol. The number of hydrogen-bond acceptors (Lipinski definition) is 5. The molecule has 2 rings (SSSR count). The molecule has 0 heterocycles. The first-order chi connectivity index (χ1) is 18.0. The van der Waals surface area contributed by atoms with Crippen LogP contribution in [0.3, 0.4) is 0 Å². The molecule has 2 amide bonds. The topological polar surface area (TPSA) is 96.0 Å². The number of nitrogens with zero attached hydrogens (tertiary/aromatic N) is 2. The molecule has 8 nitrogen and oxygen atoms in total. The Morgan fingerprint density at radius 3 is 2.37 bits per heavy atom. The second-order valence-corrected chi connectivity index (χ2v) is 11.5. The summed E-state index contributed by atoms with van der Waals surface area (Å²) in [5.41, 5.74) is 1.15. The van der Waals surface area contributed by atoms with Crippen LogP contribution >= 0.6 is 23.2 Å². The first-order valence-corrected chi connectivity index (χ1v) is 15.3. The van der Waals surface area contributed by atoms with Gasteiger partial charge in [-0.25, -0.2) is 8.42 Å². The number of carbonyl (C=O) groups excluding carboxylic acids is 2. The minimum atomic E-state index is -3.64. The molecule has 2 aromatic carbocycles. The van der Waals surface area contributed by atoms with Gasteiger partial charge in [0.1, 0.15) is 11.8 Å². The van der Waals surface area contributed by atoms with Gasteiger partial charge >= 0.3 is 0 Å². The van der Waals surface area contributed by atoms with Crippen LogP contribution < -0.4 is 14.4 Å². The van der Waals surface area contributed by atoms with Crippen molar-refractivity contribution in [2.75, 3.05) is 30.3 Å². The number of rotatable bonds is 15. The van der Waals surface area contributed by atoms with Gasteiger partial charge in [-0.1, -0.05) is 55.2 Å². The number of carbonyl (C=O) groups is 2. The Balaban J connectivity index is 2.26. The van der Waals surface area contributed by atoms with Crippen molar-refractivity contribution in [3.8, 4) is 5.75 Å². The Morgan fingerprint density at radius 2 is 1.76 bits per heavy atom. The van der Waals surface area contributed by atoms with E-state index in [1.165, 1.54) is 9.21 Å². The molecule has 38 heavy (non-hydrogen) atoms. The number of anilines is 1. The standard InChI is InChI=1S/C27H37Cl2N3O5S/c1-5-16-30-27(34)23(6-2)31(19-20-14-15-21(28)22(29)18-20)26(33)13-10-17-32(38(4,35)36)24-11-8-9-12-25(24)37-7-3/h8-9,11-12,14-15,18,23H,5-7,10,13,16-17,19H2,1-4H3,(H,30,34)/t23-/m0/s1. The fourth-order valence-electron chi connectivity index (χ4n) is 4.04. The summed E-state index contributed by atoms with van der Waals surface area (Å²) in [6.07, 6.45) is 2.60. The van der Waals surface area contributed by atoms with Crippen LogP contribution in [0.15, 0.2) is 42.5 Å². The molecule has 0 unspecified atom stereocenters. The van der Waals surface area contributed by atoms with Gasteiger partial charge in [0.15, 0.2) is 0 Å². The van der Waals surface area contributed by atoms with Crippen molar-refractivity contribution in [2.45, 2.75) is 59.0 Å². The SMILES string of the molecule is CCCNC(=O)[C@H](CC)N(Cc1ccc(Cl)c(Cl)c1)C(=O)CCCN(c1ccccc1OCC)S(C)(=O)=O. The van der Waals surface area contributed by atoms with E-state index in [1.54, 1.807) is 42.5 Å². The lowest BCUT2D eigenvalue weighted by atomic mass is 10.1.